The second-order valence-corrected chi connectivity index (χ2v) is 5.85. The normalized spacial score (nSPS) is 16.3. The molecule has 0 bridgehead atoms. The Hall–Kier alpha value is -2.90. The van der Waals surface area contributed by atoms with E-state index in [1.165, 1.54) is 21.3 Å². The van der Waals surface area contributed by atoms with E-state index in [1.54, 1.807) is 12.1 Å². The van der Waals surface area contributed by atoms with Crippen molar-refractivity contribution in [3.8, 4) is 17.2 Å². The average molecular weight is 378 g/mol. The molecule has 0 aromatic heterocycles. The van der Waals surface area contributed by atoms with Gasteiger partial charge in [-0.15, -0.1) is 0 Å². The van der Waals surface area contributed by atoms with Crippen LogP contribution in [0.3, 0.4) is 0 Å². The summed E-state index contributed by atoms with van der Waals surface area (Å²) in [5, 5.41) is 5.49. The molecule has 0 saturated carbocycles. The van der Waals surface area contributed by atoms with Crippen molar-refractivity contribution in [2.45, 2.75) is 32.7 Å². The van der Waals surface area contributed by atoms with Crippen LogP contribution in [0, 0.1) is 0 Å². The molecule has 1 aromatic carbocycles. The lowest BCUT2D eigenvalue weighted by Crippen LogP contribution is -2.45. The molecule has 1 aromatic rings. The van der Waals surface area contributed by atoms with E-state index in [9.17, 15) is 9.59 Å². The third-order valence-corrected chi connectivity index (χ3v) is 4.16. The number of allylic oxidation sites excluding steroid dienone is 1. The highest BCUT2D eigenvalue weighted by atomic mass is 16.5. The van der Waals surface area contributed by atoms with Crippen LogP contribution in [0.25, 0.3) is 0 Å². The predicted octanol–water partition coefficient (Wildman–Crippen LogP) is 2.68. The van der Waals surface area contributed by atoms with Crippen molar-refractivity contribution in [2.75, 3.05) is 27.9 Å². The number of hydrogen-bond donors (Lipinski definition) is 2. The van der Waals surface area contributed by atoms with Crippen LogP contribution >= 0.6 is 0 Å². The lowest BCUT2D eigenvalue weighted by molar-refractivity contribution is -0.136. The van der Waals surface area contributed by atoms with Crippen molar-refractivity contribution in [1.29, 1.82) is 0 Å². The zero-order chi connectivity index (χ0) is 20.0. The van der Waals surface area contributed by atoms with Crippen molar-refractivity contribution in [3.05, 3.63) is 29.0 Å². The number of ether oxygens (including phenoxy) is 4. The monoisotopic (exact) mass is 378 g/mol. The van der Waals surface area contributed by atoms with Gasteiger partial charge in [-0.05, 0) is 31.0 Å². The fraction of sp³-hybridized carbons (Fsp3) is 0.474. The van der Waals surface area contributed by atoms with Gasteiger partial charge in [0.05, 0.1) is 39.6 Å². The fourth-order valence-electron chi connectivity index (χ4n) is 3.02. The Kier molecular flexibility index (Phi) is 6.92. The van der Waals surface area contributed by atoms with Crippen molar-refractivity contribution < 1.29 is 28.5 Å². The van der Waals surface area contributed by atoms with Gasteiger partial charge in [-0.1, -0.05) is 13.3 Å². The number of benzene rings is 1. The van der Waals surface area contributed by atoms with Gasteiger partial charge in [-0.3, -0.25) is 0 Å². The molecule has 148 valence electrons. The van der Waals surface area contributed by atoms with E-state index < -0.39 is 12.0 Å². The molecule has 1 atom stereocenters. The van der Waals surface area contributed by atoms with Crippen LogP contribution in [0.4, 0.5) is 4.79 Å². The molecule has 8 nitrogen and oxygen atoms in total. The van der Waals surface area contributed by atoms with Crippen LogP contribution in [-0.4, -0.2) is 39.9 Å². The number of urea groups is 1. The first kappa shape index (κ1) is 20.4. The van der Waals surface area contributed by atoms with Crippen LogP contribution in [0.15, 0.2) is 23.4 Å². The Labute approximate surface area is 158 Å². The van der Waals surface area contributed by atoms with E-state index in [1.807, 2.05) is 13.8 Å². The van der Waals surface area contributed by atoms with Crippen LogP contribution in [-0.2, 0) is 9.53 Å². The Morgan fingerprint density at radius 2 is 1.74 bits per heavy atom. The van der Waals surface area contributed by atoms with Crippen molar-refractivity contribution in [1.82, 2.24) is 10.6 Å². The summed E-state index contributed by atoms with van der Waals surface area (Å²) in [4.78, 5) is 24.6. The summed E-state index contributed by atoms with van der Waals surface area (Å²) < 4.78 is 21.4. The number of esters is 1. The van der Waals surface area contributed by atoms with Crippen LogP contribution in [0.2, 0.25) is 0 Å². The molecule has 1 aliphatic rings. The maximum Gasteiger partial charge on any atom is 0.337 e. The van der Waals surface area contributed by atoms with Gasteiger partial charge >= 0.3 is 12.0 Å². The second-order valence-electron chi connectivity index (χ2n) is 5.85. The molecule has 0 aliphatic carbocycles. The molecule has 1 unspecified atom stereocenters. The molecule has 0 radical (unpaired) electrons. The van der Waals surface area contributed by atoms with Gasteiger partial charge in [-0.25, -0.2) is 9.59 Å². The third kappa shape index (κ3) is 4.27. The van der Waals surface area contributed by atoms with Gasteiger partial charge in [0, 0.05) is 5.70 Å². The topological polar surface area (TPSA) is 95.1 Å². The first-order valence-corrected chi connectivity index (χ1v) is 8.78. The van der Waals surface area contributed by atoms with E-state index in [-0.39, 0.29) is 6.03 Å². The van der Waals surface area contributed by atoms with Crippen molar-refractivity contribution in [2.24, 2.45) is 0 Å². The maximum atomic E-state index is 12.5. The van der Waals surface area contributed by atoms with Crippen molar-refractivity contribution >= 4 is 12.0 Å². The van der Waals surface area contributed by atoms with E-state index in [0.29, 0.717) is 47.1 Å². The average Bonchev–Trinajstić information content (AvgIpc) is 2.67. The van der Waals surface area contributed by atoms with Gasteiger partial charge in [0.1, 0.15) is 0 Å². The predicted molar refractivity (Wildman–Crippen MR) is 99.1 cm³/mol. The molecule has 1 heterocycles. The number of carbonyl (C=O) groups excluding carboxylic acids is 2. The van der Waals surface area contributed by atoms with E-state index >= 15 is 0 Å². The van der Waals surface area contributed by atoms with Gasteiger partial charge in [0.25, 0.3) is 0 Å². The molecular weight excluding hydrogens is 352 g/mol. The number of hydrogen-bond acceptors (Lipinski definition) is 6. The molecule has 0 spiro atoms. The molecule has 2 rings (SSSR count). The van der Waals surface area contributed by atoms with E-state index in [4.69, 9.17) is 18.9 Å². The minimum absolute atomic E-state index is 0.354. The van der Waals surface area contributed by atoms with Gasteiger partial charge < -0.3 is 29.6 Å². The quantitative estimate of drug-likeness (QED) is 0.676. The Balaban J connectivity index is 2.63. The highest BCUT2D eigenvalue weighted by Gasteiger charge is 2.34. The number of amides is 2. The molecule has 0 saturated heterocycles. The molecule has 8 heteroatoms. The Bertz CT molecular complexity index is 719. The smallest absolute Gasteiger partial charge is 0.337 e. The summed E-state index contributed by atoms with van der Waals surface area (Å²) in [5.41, 5.74) is 1.52. The molecule has 2 N–H and O–H groups in total. The highest BCUT2D eigenvalue weighted by Crippen LogP contribution is 2.42. The summed E-state index contributed by atoms with van der Waals surface area (Å²) in [6, 6.07) is 2.35. The van der Waals surface area contributed by atoms with Crippen LogP contribution in [0.5, 0.6) is 17.2 Å². The minimum atomic E-state index is -0.703. The molecule has 2 amide bonds. The standard InChI is InChI=1S/C19H26N2O6/c1-6-8-12-15(18(22)26-5)16(21-19(23)20-12)11-9-13(24-3)17(27-7-2)14(10-11)25-4/h9-10,16H,6-8H2,1-5H3,(H2,20,21,23). The number of carbonyl (C=O) groups is 2. The molecular formula is C19H26N2O6. The summed E-state index contributed by atoms with van der Waals surface area (Å²) in [6.45, 7) is 4.26. The number of nitrogens with one attached hydrogen (secondary N) is 2. The third-order valence-electron chi connectivity index (χ3n) is 4.16. The summed E-state index contributed by atoms with van der Waals surface area (Å²) in [6.07, 6.45) is 1.30. The SMILES string of the molecule is CCCC1=C(C(=O)OC)C(c2cc(OC)c(OCC)c(OC)c2)NC(=O)N1. The summed E-state index contributed by atoms with van der Waals surface area (Å²) in [5.74, 6) is 0.840. The fourth-order valence-corrected chi connectivity index (χ4v) is 3.02. The summed E-state index contributed by atoms with van der Waals surface area (Å²) >= 11 is 0. The maximum absolute atomic E-state index is 12.5. The zero-order valence-electron chi connectivity index (χ0n) is 16.3. The number of methoxy groups -OCH3 is 3. The Morgan fingerprint density at radius 3 is 2.22 bits per heavy atom. The highest BCUT2D eigenvalue weighted by molar-refractivity contribution is 5.95. The second kappa shape index (κ2) is 9.16. The van der Waals surface area contributed by atoms with Crippen LogP contribution < -0.4 is 24.8 Å². The van der Waals surface area contributed by atoms with Gasteiger partial charge in [0.15, 0.2) is 11.5 Å². The molecule has 0 fully saturated rings. The van der Waals surface area contributed by atoms with E-state index in [2.05, 4.69) is 10.6 Å². The number of rotatable bonds is 8. The molecule has 1 aliphatic heterocycles. The lowest BCUT2D eigenvalue weighted by Gasteiger charge is -2.29. The van der Waals surface area contributed by atoms with Crippen molar-refractivity contribution in [3.63, 3.8) is 0 Å². The first-order valence-electron chi connectivity index (χ1n) is 8.78. The largest absolute Gasteiger partial charge is 0.493 e. The molecule has 27 heavy (non-hydrogen) atoms. The first-order chi connectivity index (χ1) is 13.0. The van der Waals surface area contributed by atoms with Gasteiger partial charge in [0.2, 0.25) is 5.75 Å². The Morgan fingerprint density at radius 1 is 1.11 bits per heavy atom. The van der Waals surface area contributed by atoms with E-state index in [0.717, 1.165) is 6.42 Å². The summed E-state index contributed by atoms with van der Waals surface area (Å²) in [7, 11) is 4.34. The zero-order valence-corrected chi connectivity index (χ0v) is 16.3. The van der Waals surface area contributed by atoms with Gasteiger partial charge in [-0.2, -0.15) is 0 Å². The lowest BCUT2D eigenvalue weighted by atomic mass is 9.93. The minimum Gasteiger partial charge on any atom is -0.493 e. The van der Waals surface area contributed by atoms with Crippen LogP contribution in [0.1, 0.15) is 38.3 Å².